The number of ether oxygens (including phenoxy) is 1. The summed E-state index contributed by atoms with van der Waals surface area (Å²) in [6.07, 6.45) is 0.968. The van der Waals surface area contributed by atoms with Crippen LogP contribution in [0, 0.1) is 0 Å². The van der Waals surface area contributed by atoms with Crippen LogP contribution in [-0.4, -0.2) is 30.9 Å². The fourth-order valence-corrected chi connectivity index (χ4v) is 2.86. The van der Waals surface area contributed by atoms with E-state index in [9.17, 15) is 14.4 Å². The Morgan fingerprint density at radius 1 is 1.00 bits per heavy atom. The molecule has 6 nitrogen and oxygen atoms in total. The summed E-state index contributed by atoms with van der Waals surface area (Å²) in [5, 5.41) is 2.79. The van der Waals surface area contributed by atoms with Gasteiger partial charge in [0.05, 0.1) is 12.2 Å². The Kier molecular flexibility index (Phi) is 7.75. The number of rotatable bonds is 8. The van der Waals surface area contributed by atoms with Crippen molar-refractivity contribution in [2.45, 2.75) is 33.6 Å². The van der Waals surface area contributed by atoms with Crippen molar-refractivity contribution in [3.63, 3.8) is 0 Å². The van der Waals surface area contributed by atoms with Crippen LogP contribution in [0.25, 0.3) is 0 Å². The molecular weight excluding hydrogens is 356 g/mol. The Labute approximate surface area is 165 Å². The Hall–Kier alpha value is -3.15. The Balaban J connectivity index is 1.98. The summed E-state index contributed by atoms with van der Waals surface area (Å²) < 4.78 is 4.93. The molecule has 6 heteroatoms. The average Bonchev–Trinajstić information content (AvgIpc) is 2.69. The molecule has 0 bridgehead atoms. The average molecular weight is 382 g/mol. The Morgan fingerprint density at radius 3 is 2.29 bits per heavy atom. The van der Waals surface area contributed by atoms with E-state index in [1.807, 2.05) is 31.2 Å². The van der Waals surface area contributed by atoms with Gasteiger partial charge >= 0.3 is 5.97 Å². The predicted molar refractivity (Wildman–Crippen MR) is 109 cm³/mol. The molecule has 0 spiro atoms. The number of carbonyl (C=O) groups excluding carboxylic acids is 3. The molecule has 148 valence electrons. The van der Waals surface area contributed by atoms with E-state index in [1.165, 1.54) is 6.92 Å². The lowest BCUT2D eigenvalue weighted by atomic mass is 10.1. The number of nitrogens with one attached hydrogen (secondary N) is 1. The molecule has 0 radical (unpaired) electrons. The zero-order chi connectivity index (χ0) is 20.5. The normalized spacial score (nSPS) is 10.2. The summed E-state index contributed by atoms with van der Waals surface area (Å²) in [7, 11) is 0. The number of hydrogen-bond acceptors (Lipinski definition) is 4. The summed E-state index contributed by atoms with van der Waals surface area (Å²) in [5.41, 5.74) is 2.91. The largest absolute Gasteiger partial charge is 0.462 e. The number of nitrogens with zero attached hydrogens (tertiary/aromatic N) is 1. The van der Waals surface area contributed by atoms with Crippen molar-refractivity contribution in [3.05, 3.63) is 59.7 Å². The Morgan fingerprint density at radius 2 is 1.68 bits per heavy atom. The van der Waals surface area contributed by atoms with Crippen LogP contribution in [-0.2, 0) is 20.7 Å². The number of esters is 1. The van der Waals surface area contributed by atoms with E-state index in [-0.39, 0.29) is 18.2 Å². The highest BCUT2D eigenvalue weighted by molar-refractivity contribution is 5.96. The molecule has 0 aliphatic carbocycles. The summed E-state index contributed by atoms with van der Waals surface area (Å²) in [6, 6.07) is 14.2. The molecule has 0 aromatic heterocycles. The molecule has 0 aliphatic heterocycles. The van der Waals surface area contributed by atoms with Crippen LogP contribution in [0.15, 0.2) is 48.5 Å². The first kappa shape index (κ1) is 21.2. The van der Waals surface area contributed by atoms with Crippen LogP contribution >= 0.6 is 0 Å². The van der Waals surface area contributed by atoms with Crippen molar-refractivity contribution in [2.24, 2.45) is 0 Å². The van der Waals surface area contributed by atoms with Crippen LogP contribution in [0.2, 0.25) is 0 Å². The van der Waals surface area contributed by atoms with Gasteiger partial charge in [-0.3, -0.25) is 9.59 Å². The van der Waals surface area contributed by atoms with Crippen molar-refractivity contribution in [3.8, 4) is 0 Å². The number of aryl methyl sites for hydroxylation is 1. The molecule has 2 amide bonds. The van der Waals surface area contributed by atoms with Crippen LogP contribution in [0.4, 0.5) is 11.4 Å². The second-order valence-electron chi connectivity index (χ2n) is 6.25. The number of carbonyl (C=O) groups is 3. The zero-order valence-corrected chi connectivity index (χ0v) is 16.5. The number of anilines is 2. The minimum atomic E-state index is -0.396. The van der Waals surface area contributed by atoms with Gasteiger partial charge in [-0.2, -0.15) is 0 Å². The van der Waals surface area contributed by atoms with E-state index in [2.05, 4.69) is 5.32 Å². The maximum absolute atomic E-state index is 12.3. The predicted octanol–water partition coefficient (Wildman–Crippen LogP) is 3.81. The number of amides is 2. The van der Waals surface area contributed by atoms with Gasteiger partial charge in [0.2, 0.25) is 11.8 Å². The first-order valence-electron chi connectivity index (χ1n) is 9.39. The van der Waals surface area contributed by atoms with E-state index in [4.69, 9.17) is 4.74 Å². The lowest BCUT2D eigenvalue weighted by molar-refractivity contribution is -0.117. The molecule has 2 aromatic rings. The maximum atomic E-state index is 12.3. The van der Waals surface area contributed by atoms with Gasteiger partial charge in [-0.1, -0.05) is 25.1 Å². The van der Waals surface area contributed by atoms with Gasteiger partial charge in [0.15, 0.2) is 0 Å². The number of benzene rings is 2. The second-order valence-corrected chi connectivity index (χ2v) is 6.25. The molecule has 0 heterocycles. The smallest absolute Gasteiger partial charge is 0.338 e. The molecule has 0 aliphatic rings. The number of hydrogen-bond donors (Lipinski definition) is 1. The van der Waals surface area contributed by atoms with Crippen LogP contribution in [0.1, 0.15) is 43.1 Å². The van der Waals surface area contributed by atoms with E-state index < -0.39 is 5.97 Å². The van der Waals surface area contributed by atoms with Gasteiger partial charge in [-0.05, 0) is 49.2 Å². The maximum Gasteiger partial charge on any atom is 0.338 e. The zero-order valence-electron chi connectivity index (χ0n) is 16.5. The van der Waals surface area contributed by atoms with Crippen molar-refractivity contribution in [1.29, 1.82) is 0 Å². The lowest BCUT2D eigenvalue weighted by Crippen LogP contribution is -2.32. The molecule has 0 atom stereocenters. The molecule has 1 N–H and O–H groups in total. The minimum absolute atomic E-state index is 0.104. The van der Waals surface area contributed by atoms with E-state index >= 15 is 0 Å². The topological polar surface area (TPSA) is 75.7 Å². The van der Waals surface area contributed by atoms with Crippen molar-refractivity contribution in [1.82, 2.24) is 0 Å². The second kappa shape index (κ2) is 10.3. The summed E-state index contributed by atoms with van der Waals surface area (Å²) in [6.45, 7) is 5.88. The molecule has 0 saturated carbocycles. The molecular formula is C22H26N2O4. The number of para-hydroxylation sites is 1. The summed E-state index contributed by atoms with van der Waals surface area (Å²) in [4.78, 5) is 37.7. The highest BCUT2D eigenvalue weighted by Crippen LogP contribution is 2.21. The molecule has 0 unspecified atom stereocenters. The van der Waals surface area contributed by atoms with Gasteiger partial charge in [0, 0.05) is 31.3 Å². The standard InChI is InChI=1S/C22H26N2O4/c1-4-17-8-6-7-9-20(17)24(16(3)25)15-14-21(26)23-19-12-10-18(11-13-19)22(27)28-5-2/h6-13H,4-5,14-15H2,1-3H3,(H,23,26). The highest BCUT2D eigenvalue weighted by Gasteiger charge is 2.16. The van der Waals surface area contributed by atoms with Gasteiger partial charge in [-0.25, -0.2) is 4.79 Å². The van der Waals surface area contributed by atoms with Gasteiger partial charge in [-0.15, -0.1) is 0 Å². The third-order valence-corrected chi connectivity index (χ3v) is 4.29. The fourth-order valence-electron chi connectivity index (χ4n) is 2.86. The molecule has 2 rings (SSSR count). The van der Waals surface area contributed by atoms with Gasteiger partial charge in [0.1, 0.15) is 0 Å². The SMILES string of the molecule is CCOC(=O)c1ccc(NC(=O)CCN(C(C)=O)c2ccccc2CC)cc1. The molecule has 0 saturated heterocycles. The van der Waals surface area contributed by atoms with E-state index in [0.29, 0.717) is 24.4 Å². The van der Waals surface area contributed by atoms with Gasteiger partial charge in [0.25, 0.3) is 0 Å². The van der Waals surface area contributed by atoms with Crippen LogP contribution < -0.4 is 10.2 Å². The quantitative estimate of drug-likeness (QED) is 0.705. The van der Waals surface area contributed by atoms with Crippen molar-refractivity contribution in [2.75, 3.05) is 23.4 Å². The van der Waals surface area contributed by atoms with Crippen LogP contribution in [0.3, 0.4) is 0 Å². The fraction of sp³-hybridized carbons (Fsp3) is 0.318. The molecule has 2 aromatic carbocycles. The van der Waals surface area contributed by atoms with Crippen molar-refractivity contribution < 1.29 is 19.1 Å². The highest BCUT2D eigenvalue weighted by atomic mass is 16.5. The van der Waals surface area contributed by atoms with Crippen molar-refractivity contribution >= 4 is 29.2 Å². The van der Waals surface area contributed by atoms with Crippen LogP contribution in [0.5, 0.6) is 0 Å². The molecule has 28 heavy (non-hydrogen) atoms. The molecule has 0 fully saturated rings. The Bertz CT molecular complexity index is 831. The van der Waals surface area contributed by atoms with E-state index in [0.717, 1.165) is 17.7 Å². The third kappa shape index (κ3) is 5.67. The summed E-state index contributed by atoms with van der Waals surface area (Å²) in [5.74, 6) is -0.705. The minimum Gasteiger partial charge on any atom is -0.462 e. The summed E-state index contributed by atoms with van der Waals surface area (Å²) >= 11 is 0. The third-order valence-electron chi connectivity index (χ3n) is 4.29. The lowest BCUT2D eigenvalue weighted by Gasteiger charge is -2.23. The van der Waals surface area contributed by atoms with E-state index in [1.54, 1.807) is 36.1 Å². The van der Waals surface area contributed by atoms with Gasteiger partial charge < -0.3 is 15.0 Å². The monoisotopic (exact) mass is 382 g/mol. The first-order chi connectivity index (χ1) is 13.5. The first-order valence-corrected chi connectivity index (χ1v) is 9.39.